The molecule has 0 aromatic carbocycles. The minimum absolute atomic E-state index is 0.951. The van der Waals surface area contributed by atoms with Gasteiger partial charge in [-0.3, -0.25) is 0 Å². The molecule has 0 aliphatic heterocycles. The van der Waals surface area contributed by atoms with Crippen LogP contribution in [0.5, 0.6) is 0 Å². The number of hydrogen-bond donors (Lipinski definition) is 0. The SMILES string of the molecule is CCCCCCCCCCCCCCCCC[CH2][Sn+]([CH3])[CH2]CCCCCCCCCCCCCCCCC.O=C([O-])C(F)(F)F. The van der Waals surface area contributed by atoms with E-state index >= 15 is 0 Å². The van der Waals surface area contributed by atoms with Crippen molar-refractivity contribution < 1.29 is 23.1 Å². The number of carbonyl (C=O) groups excluding carboxylic acids is 1. The zero-order valence-corrected chi connectivity index (χ0v) is 33.3. The van der Waals surface area contributed by atoms with E-state index in [2.05, 4.69) is 18.8 Å². The Morgan fingerprint density at radius 2 is 0.578 bits per heavy atom. The number of hydrogen-bond acceptors (Lipinski definition) is 2. The van der Waals surface area contributed by atoms with Gasteiger partial charge < -0.3 is 9.90 Å². The van der Waals surface area contributed by atoms with Gasteiger partial charge in [0.2, 0.25) is 0 Å². The fourth-order valence-electron chi connectivity index (χ4n) is 6.07. The first-order chi connectivity index (χ1) is 21.8. The molecule has 270 valence electrons. The van der Waals surface area contributed by atoms with Crippen molar-refractivity contribution in [3.05, 3.63) is 0 Å². The van der Waals surface area contributed by atoms with E-state index in [4.69, 9.17) is 9.90 Å². The van der Waals surface area contributed by atoms with Gasteiger partial charge in [-0.25, -0.2) is 0 Å². The van der Waals surface area contributed by atoms with Crippen LogP contribution >= 0.6 is 0 Å². The van der Waals surface area contributed by atoms with E-state index in [1.807, 2.05) is 0 Å². The zero-order valence-electron chi connectivity index (χ0n) is 30.5. The summed E-state index contributed by atoms with van der Waals surface area (Å²) in [6.07, 6.45) is 42.6. The summed E-state index contributed by atoms with van der Waals surface area (Å²) in [6, 6.07) is 0. The molecule has 0 heterocycles. The van der Waals surface area contributed by atoms with Crippen LogP contribution in [-0.4, -0.2) is 31.9 Å². The van der Waals surface area contributed by atoms with Crippen LogP contribution in [0.1, 0.15) is 219 Å². The molecule has 6 heteroatoms. The molecule has 0 spiro atoms. The van der Waals surface area contributed by atoms with Crippen molar-refractivity contribution in [2.75, 3.05) is 0 Å². The first kappa shape index (κ1) is 47.2. The third-order valence-corrected chi connectivity index (χ3v) is 16.0. The van der Waals surface area contributed by atoms with Gasteiger partial charge in [-0.05, 0) is 0 Å². The van der Waals surface area contributed by atoms with Crippen molar-refractivity contribution in [2.24, 2.45) is 0 Å². The number of aliphatic carboxylic acids is 1. The number of rotatable bonds is 34. The van der Waals surface area contributed by atoms with Gasteiger partial charge in [0.15, 0.2) is 0 Å². The van der Waals surface area contributed by atoms with Crippen LogP contribution in [-0.2, 0) is 4.79 Å². The molecule has 45 heavy (non-hydrogen) atoms. The maximum atomic E-state index is 10.5. The normalized spacial score (nSPS) is 11.4. The van der Waals surface area contributed by atoms with E-state index in [0.29, 0.717) is 0 Å². The third-order valence-electron chi connectivity index (χ3n) is 9.15. The van der Waals surface area contributed by atoms with Crippen molar-refractivity contribution in [2.45, 2.75) is 239 Å². The molecule has 0 radical (unpaired) electrons. The number of carboxylic acids is 1. The summed E-state index contributed by atoms with van der Waals surface area (Å²) < 4.78 is 34.9. The topological polar surface area (TPSA) is 40.1 Å². The Labute approximate surface area is 287 Å². The van der Waals surface area contributed by atoms with Crippen LogP contribution in [0.2, 0.25) is 13.8 Å². The molecule has 0 bridgehead atoms. The van der Waals surface area contributed by atoms with Gasteiger partial charge in [0.25, 0.3) is 0 Å². The fraction of sp³-hybridized carbons (Fsp3) is 0.974. The molecular formula is C39H77F3O2Sn. The molecule has 0 fully saturated rings. The standard InChI is InChI=1S/2C18H37.C2HF3O2.CH3.Sn/c2*1-3-5-7-9-11-13-15-17-18-16-14-12-10-8-6-4-2;3-2(4,5)1(6)7;;/h2*1,3-18H2,2H3;(H,6,7);1H3;/q;;;;+1/p-1. The third kappa shape index (κ3) is 44.1. The Kier molecular flexibility index (Phi) is 40.4. The van der Waals surface area contributed by atoms with E-state index in [9.17, 15) is 13.2 Å². The Morgan fingerprint density at radius 1 is 0.422 bits per heavy atom. The van der Waals surface area contributed by atoms with Gasteiger partial charge in [0, 0.05) is 0 Å². The fourth-order valence-corrected chi connectivity index (χ4v) is 11.7. The molecule has 0 amide bonds. The average Bonchev–Trinajstić information content (AvgIpc) is 3.00. The van der Waals surface area contributed by atoms with Crippen molar-refractivity contribution in [1.29, 1.82) is 0 Å². The minimum atomic E-state index is -5.19. The van der Waals surface area contributed by atoms with Gasteiger partial charge in [-0.1, -0.05) is 78.1 Å². The first-order valence-corrected chi connectivity index (χ1v) is 26.7. The van der Waals surface area contributed by atoms with Gasteiger partial charge in [0.05, 0.1) is 0 Å². The van der Waals surface area contributed by atoms with Crippen molar-refractivity contribution in [3.63, 3.8) is 0 Å². The summed E-state index contributed by atoms with van der Waals surface area (Å²) >= 11 is -0.951. The predicted molar refractivity (Wildman–Crippen MR) is 191 cm³/mol. The molecule has 0 saturated heterocycles. The smallest absolute Gasteiger partial charge is 0.542 e. The Balaban J connectivity index is 0. The van der Waals surface area contributed by atoms with Gasteiger partial charge in [-0.15, -0.1) is 0 Å². The maximum absolute atomic E-state index is 10.5. The molecular weight excluding hydrogens is 676 g/mol. The van der Waals surface area contributed by atoms with Crippen molar-refractivity contribution >= 4 is 25.7 Å². The summed E-state index contributed by atoms with van der Waals surface area (Å²) in [5.41, 5.74) is 0. The summed E-state index contributed by atoms with van der Waals surface area (Å²) in [7, 11) is 0. The Morgan fingerprint density at radius 3 is 0.733 bits per heavy atom. The number of alkyl halides is 3. The summed E-state index contributed by atoms with van der Waals surface area (Å²) in [6.45, 7) is 4.62. The van der Waals surface area contributed by atoms with E-state index < -0.39 is 31.9 Å². The van der Waals surface area contributed by atoms with Crippen LogP contribution in [0.15, 0.2) is 0 Å². The Hall–Kier alpha value is 0.0587. The second kappa shape index (κ2) is 38.5. The number of halogens is 3. The van der Waals surface area contributed by atoms with Gasteiger partial charge >= 0.3 is 181 Å². The second-order valence-electron chi connectivity index (χ2n) is 13.8. The molecule has 0 aromatic rings. The predicted octanol–water partition coefficient (Wildman–Crippen LogP) is 13.9. The minimum Gasteiger partial charge on any atom is -0.542 e. The molecule has 0 aliphatic carbocycles. The molecule has 0 atom stereocenters. The zero-order chi connectivity index (χ0) is 33.7. The van der Waals surface area contributed by atoms with Crippen LogP contribution in [0, 0.1) is 0 Å². The van der Waals surface area contributed by atoms with Crippen molar-refractivity contribution in [1.82, 2.24) is 0 Å². The Bertz CT molecular complexity index is 535. The van der Waals surface area contributed by atoms with Crippen LogP contribution in [0.3, 0.4) is 0 Å². The summed E-state index contributed by atoms with van der Waals surface area (Å²) in [5, 5.41) is 8.78. The van der Waals surface area contributed by atoms with Crippen LogP contribution in [0.4, 0.5) is 13.2 Å². The molecule has 0 aromatic heterocycles. The number of carbonyl (C=O) groups is 1. The molecule has 0 N–H and O–H groups in total. The molecule has 0 rings (SSSR count). The van der Waals surface area contributed by atoms with Crippen LogP contribution in [0.25, 0.3) is 0 Å². The average molecular weight is 754 g/mol. The van der Waals surface area contributed by atoms with Crippen molar-refractivity contribution in [3.8, 4) is 0 Å². The number of unbranched alkanes of at least 4 members (excludes halogenated alkanes) is 30. The molecule has 0 aliphatic rings. The van der Waals surface area contributed by atoms with E-state index in [1.54, 1.807) is 21.7 Å². The van der Waals surface area contributed by atoms with E-state index in [-0.39, 0.29) is 0 Å². The monoisotopic (exact) mass is 754 g/mol. The van der Waals surface area contributed by atoms with Gasteiger partial charge in [-0.2, -0.15) is 13.2 Å². The van der Waals surface area contributed by atoms with Crippen LogP contribution < -0.4 is 5.11 Å². The summed E-state index contributed by atoms with van der Waals surface area (Å²) in [4.78, 5) is 11.5. The van der Waals surface area contributed by atoms with Gasteiger partial charge in [0.1, 0.15) is 5.97 Å². The first-order valence-electron chi connectivity index (χ1n) is 19.8. The molecule has 2 nitrogen and oxygen atoms in total. The second-order valence-corrected chi connectivity index (χ2v) is 22.2. The van der Waals surface area contributed by atoms with E-state index in [1.165, 1.54) is 193 Å². The van der Waals surface area contributed by atoms with E-state index in [0.717, 1.165) is 0 Å². The number of carboxylic acid groups (broad SMARTS) is 1. The summed E-state index contributed by atoms with van der Waals surface area (Å²) in [5.74, 6) is -3.01. The quantitative estimate of drug-likeness (QED) is 0.0485. The molecule has 0 unspecified atom stereocenters. The molecule has 0 saturated carbocycles.